The van der Waals surface area contributed by atoms with Crippen molar-refractivity contribution in [2.45, 2.75) is 136 Å². The second-order valence-electron chi connectivity index (χ2n) is 14.6. The van der Waals surface area contributed by atoms with Crippen molar-refractivity contribution in [2.24, 2.45) is 46.3 Å². The van der Waals surface area contributed by atoms with Crippen LogP contribution in [0, 0.1) is 58.7 Å². The smallest absolute Gasteiger partial charge is 0.245 e. The minimum absolute atomic E-state index is 0.0869. The van der Waals surface area contributed by atoms with Gasteiger partial charge in [0.15, 0.2) is 0 Å². The van der Waals surface area contributed by atoms with Crippen LogP contribution >= 0.6 is 0 Å². The van der Waals surface area contributed by atoms with Crippen molar-refractivity contribution >= 4 is 11.8 Å². The summed E-state index contributed by atoms with van der Waals surface area (Å²) < 4.78 is 0. The van der Waals surface area contributed by atoms with Gasteiger partial charge in [-0.2, -0.15) is 0 Å². The van der Waals surface area contributed by atoms with Crippen molar-refractivity contribution < 1.29 is 14.7 Å². The van der Waals surface area contributed by atoms with E-state index in [2.05, 4.69) is 30.4 Å². The van der Waals surface area contributed by atoms with Gasteiger partial charge in [0.1, 0.15) is 6.17 Å². The Kier molecular flexibility index (Phi) is 10.5. The number of terminal acetylenes is 1. The Hall–Kier alpha value is -1.80. The van der Waals surface area contributed by atoms with E-state index in [1.165, 1.54) is 57.8 Å². The van der Waals surface area contributed by atoms with Crippen LogP contribution in [0.5, 0.6) is 0 Å². The molecule has 0 aromatic carbocycles. The minimum atomic E-state index is -0.558. The summed E-state index contributed by atoms with van der Waals surface area (Å²) in [5.74, 6) is 6.50. The molecule has 4 saturated carbocycles. The van der Waals surface area contributed by atoms with Gasteiger partial charge in [-0.05, 0) is 118 Å². The number of hydrogen-bond acceptors (Lipinski definition) is 3. The molecule has 0 spiro atoms. The molecule has 0 aromatic heterocycles. The maximum absolute atomic E-state index is 12.7. The third-order valence-electron chi connectivity index (χ3n) is 11.7. The SMILES string of the molecule is C#CCC(NC(=O)/C=C/CCCC1CCC2C1CCC1C2C(O)CC2CCCCC21C)NC(=O)C(C)(C)CCC. The van der Waals surface area contributed by atoms with Gasteiger partial charge in [0.05, 0.1) is 6.10 Å². The van der Waals surface area contributed by atoms with Gasteiger partial charge < -0.3 is 15.7 Å². The average Bonchev–Trinajstić information content (AvgIpc) is 3.32. The van der Waals surface area contributed by atoms with Gasteiger partial charge in [-0.1, -0.05) is 53.0 Å². The predicted molar refractivity (Wildman–Crippen MR) is 162 cm³/mol. The predicted octanol–water partition coefficient (Wildman–Crippen LogP) is 6.75. The van der Waals surface area contributed by atoms with Gasteiger partial charge in [0.2, 0.25) is 11.8 Å². The standard InChI is InChI=1S/C35H56N2O3/c1-6-13-30(37-33(40)34(3,4)21-7-2)36-31(39)16-10-8-9-14-24-17-18-27-26(24)19-20-28-32(27)29(38)23-25-15-11-12-22-35(25,28)5/h1,10,16,24-30,32,38H,7-9,11-15,17-23H2,2-5H3,(H,36,39)(H,37,40)/b16-10+. The van der Waals surface area contributed by atoms with Gasteiger partial charge in [0.25, 0.3) is 0 Å². The molecule has 40 heavy (non-hydrogen) atoms. The van der Waals surface area contributed by atoms with Crippen LogP contribution in [0.25, 0.3) is 0 Å². The van der Waals surface area contributed by atoms with Crippen LogP contribution in [0.2, 0.25) is 0 Å². The third kappa shape index (κ3) is 6.80. The first-order valence-corrected chi connectivity index (χ1v) is 16.5. The fraction of sp³-hybridized carbons (Fsp3) is 0.829. The summed E-state index contributed by atoms with van der Waals surface area (Å²) in [7, 11) is 0. The molecule has 0 aliphatic heterocycles. The highest BCUT2D eigenvalue weighted by Crippen LogP contribution is 2.64. The second kappa shape index (κ2) is 13.5. The van der Waals surface area contributed by atoms with E-state index in [1.807, 2.05) is 19.9 Å². The molecule has 4 fully saturated rings. The number of unbranched alkanes of at least 4 members (excludes halogenated alkanes) is 1. The van der Waals surface area contributed by atoms with Crippen molar-refractivity contribution in [3.63, 3.8) is 0 Å². The largest absolute Gasteiger partial charge is 0.393 e. The topological polar surface area (TPSA) is 78.4 Å². The molecular weight excluding hydrogens is 496 g/mol. The number of allylic oxidation sites excluding steroid dienone is 1. The van der Waals surface area contributed by atoms with Crippen molar-refractivity contribution in [1.82, 2.24) is 10.6 Å². The fourth-order valence-electron chi connectivity index (χ4n) is 9.67. The normalized spacial score (nSPS) is 36.1. The molecule has 2 amide bonds. The number of aliphatic hydroxyl groups is 1. The Morgan fingerprint density at radius 3 is 2.65 bits per heavy atom. The summed E-state index contributed by atoms with van der Waals surface area (Å²) in [6.45, 7) is 8.47. The molecule has 9 atom stereocenters. The van der Waals surface area contributed by atoms with E-state index in [0.29, 0.717) is 17.3 Å². The van der Waals surface area contributed by atoms with Crippen molar-refractivity contribution in [1.29, 1.82) is 0 Å². The van der Waals surface area contributed by atoms with Crippen molar-refractivity contribution in [3.05, 3.63) is 12.2 Å². The summed E-state index contributed by atoms with van der Waals surface area (Å²) in [5.41, 5.74) is -0.0314. The maximum atomic E-state index is 12.7. The van der Waals surface area contributed by atoms with Crippen LogP contribution in [-0.4, -0.2) is 29.2 Å². The highest BCUT2D eigenvalue weighted by Gasteiger charge is 2.58. The first-order valence-electron chi connectivity index (χ1n) is 16.5. The van der Waals surface area contributed by atoms with Crippen molar-refractivity contribution in [3.8, 4) is 12.3 Å². The first-order chi connectivity index (χ1) is 19.1. The molecule has 0 heterocycles. The zero-order valence-electron chi connectivity index (χ0n) is 25.7. The molecule has 5 nitrogen and oxygen atoms in total. The molecule has 5 heteroatoms. The van der Waals surface area contributed by atoms with E-state index >= 15 is 0 Å². The number of hydrogen-bond donors (Lipinski definition) is 3. The molecule has 4 rings (SSSR count). The first kappa shape index (κ1) is 31.1. The Morgan fingerprint density at radius 2 is 1.90 bits per heavy atom. The molecule has 224 valence electrons. The van der Waals surface area contributed by atoms with Crippen LogP contribution in [0.4, 0.5) is 0 Å². The summed E-state index contributed by atoms with van der Waals surface area (Å²) >= 11 is 0. The lowest BCUT2D eigenvalue weighted by molar-refractivity contribution is -0.145. The van der Waals surface area contributed by atoms with E-state index in [-0.39, 0.29) is 24.3 Å². The Labute approximate surface area is 244 Å². The zero-order valence-corrected chi connectivity index (χ0v) is 25.7. The van der Waals surface area contributed by atoms with Crippen molar-refractivity contribution in [2.75, 3.05) is 0 Å². The van der Waals surface area contributed by atoms with E-state index < -0.39 is 11.6 Å². The number of rotatable bonds is 11. The Balaban J connectivity index is 1.22. The number of aliphatic hydroxyl groups excluding tert-OH is 1. The van der Waals surface area contributed by atoms with Gasteiger partial charge in [-0.25, -0.2) is 0 Å². The van der Waals surface area contributed by atoms with Gasteiger partial charge in [-0.15, -0.1) is 12.3 Å². The van der Waals surface area contributed by atoms with Gasteiger partial charge in [-0.3, -0.25) is 9.59 Å². The van der Waals surface area contributed by atoms with Crippen LogP contribution < -0.4 is 10.6 Å². The highest BCUT2D eigenvalue weighted by atomic mass is 16.3. The number of fused-ring (bicyclic) bond motifs is 5. The summed E-state index contributed by atoms with van der Waals surface area (Å²) in [6.07, 6.45) is 25.3. The molecule has 0 saturated heterocycles. The van der Waals surface area contributed by atoms with Gasteiger partial charge >= 0.3 is 0 Å². The van der Waals surface area contributed by atoms with E-state index in [4.69, 9.17) is 6.42 Å². The number of nitrogens with one attached hydrogen (secondary N) is 2. The van der Waals surface area contributed by atoms with Crippen LogP contribution in [-0.2, 0) is 9.59 Å². The molecule has 3 N–H and O–H groups in total. The van der Waals surface area contributed by atoms with Gasteiger partial charge in [0, 0.05) is 11.8 Å². The lowest BCUT2D eigenvalue weighted by Gasteiger charge is -2.59. The fourth-order valence-corrected chi connectivity index (χ4v) is 9.67. The third-order valence-corrected chi connectivity index (χ3v) is 11.7. The molecule has 0 aromatic rings. The zero-order chi connectivity index (χ0) is 28.9. The van der Waals surface area contributed by atoms with E-state index in [0.717, 1.165) is 55.8 Å². The van der Waals surface area contributed by atoms with Crippen LogP contribution in [0.1, 0.15) is 124 Å². The number of carbonyl (C=O) groups is 2. The Morgan fingerprint density at radius 1 is 1.12 bits per heavy atom. The van der Waals surface area contributed by atoms with Crippen LogP contribution in [0.3, 0.4) is 0 Å². The molecule has 0 radical (unpaired) electrons. The molecule has 0 bridgehead atoms. The second-order valence-corrected chi connectivity index (χ2v) is 14.6. The summed E-state index contributed by atoms with van der Waals surface area (Å²) in [5, 5.41) is 17.1. The van der Waals surface area contributed by atoms with E-state index in [9.17, 15) is 14.7 Å². The number of carbonyl (C=O) groups excluding carboxylic acids is 2. The molecule has 4 aliphatic carbocycles. The molecule has 9 unspecified atom stereocenters. The Bertz CT molecular complexity index is 951. The average molecular weight is 553 g/mol. The summed E-state index contributed by atoms with van der Waals surface area (Å²) in [4.78, 5) is 25.2. The monoisotopic (exact) mass is 552 g/mol. The molecular formula is C35H56N2O3. The maximum Gasteiger partial charge on any atom is 0.245 e. The lowest BCUT2D eigenvalue weighted by atomic mass is 9.46. The summed E-state index contributed by atoms with van der Waals surface area (Å²) in [6, 6.07) is 0. The molecule has 4 aliphatic rings. The lowest BCUT2D eigenvalue weighted by Crippen LogP contribution is -2.55. The quantitative estimate of drug-likeness (QED) is 0.115. The van der Waals surface area contributed by atoms with Crippen LogP contribution in [0.15, 0.2) is 12.2 Å². The van der Waals surface area contributed by atoms with E-state index in [1.54, 1.807) is 6.08 Å². The number of amides is 2. The highest BCUT2D eigenvalue weighted by molar-refractivity contribution is 5.88. The minimum Gasteiger partial charge on any atom is -0.393 e.